The number of hydrogen-bond donors (Lipinski definition) is 0. The van der Waals surface area contributed by atoms with Crippen LogP contribution in [0.3, 0.4) is 0 Å². The minimum Gasteiger partial charge on any atom is -0.469 e. The van der Waals surface area contributed by atoms with Gasteiger partial charge in [-0.2, -0.15) is 0 Å². The van der Waals surface area contributed by atoms with Crippen LogP contribution in [0.2, 0.25) is 0 Å². The lowest BCUT2D eigenvalue weighted by Crippen LogP contribution is -2.38. The molecule has 4 rings (SSSR count). The van der Waals surface area contributed by atoms with Crippen LogP contribution < -0.4 is 0 Å². The molecule has 190 valence electrons. The minimum absolute atomic E-state index is 0.110. The highest BCUT2D eigenvalue weighted by atomic mass is 16.5. The van der Waals surface area contributed by atoms with Crippen LogP contribution in [0.25, 0.3) is 0 Å². The lowest BCUT2D eigenvalue weighted by molar-refractivity contribution is -0.146. The SMILES string of the molecule is COC(=O)[C@H]1C[C@@H](C(=O)OC)N(CC#C/C(C)=C/CN2C(=O)c3ccccc3C2=O)[C@H]1c1ccccc1. The first-order valence-corrected chi connectivity index (χ1v) is 11.9. The topological polar surface area (TPSA) is 93.2 Å². The van der Waals surface area contributed by atoms with Crippen LogP contribution >= 0.6 is 0 Å². The molecule has 0 aliphatic carbocycles. The first-order valence-electron chi connectivity index (χ1n) is 11.9. The molecule has 8 nitrogen and oxygen atoms in total. The molecule has 37 heavy (non-hydrogen) atoms. The van der Waals surface area contributed by atoms with E-state index in [2.05, 4.69) is 11.8 Å². The van der Waals surface area contributed by atoms with Gasteiger partial charge in [0.2, 0.25) is 0 Å². The summed E-state index contributed by atoms with van der Waals surface area (Å²) in [5.41, 5.74) is 2.36. The fourth-order valence-corrected chi connectivity index (χ4v) is 4.91. The molecule has 2 aliphatic heterocycles. The van der Waals surface area contributed by atoms with Gasteiger partial charge in [-0.05, 0) is 36.6 Å². The molecule has 2 amide bonds. The van der Waals surface area contributed by atoms with Gasteiger partial charge in [0.1, 0.15) is 6.04 Å². The molecule has 8 heteroatoms. The Bertz CT molecular complexity index is 1270. The van der Waals surface area contributed by atoms with Crippen molar-refractivity contribution >= 4 is 23.8 Å². The van der Waals surface area contributed by atoms with Crippen molar-refractivity contribution in [3.05, 3.63) is 82.9 Å². The van der Waals surface area contributed by atoms with E-state index >= 15 is 0 Å². The minimum atomic E-state index is -0.656. The van der Waals surface area contributed by atoms with E-state index in [0.29, 0.717) is 16.7 Å². The highest BCUT2D eigenvalue weighted by Gasteiger charge is 2.49. The summed E-state index contributed by atoms with van der Waals surface area (Å²) in [6, 6.07) is 15.1. The van der Waals surface area contributed by atoms with E-state index in [4.69, 9.17) is 9.47 Å². The van der Waals surface area contributed by atoms with Gasteiger partial charge >= 0.3 is 11.9 Å². The number of likely N-dealkylation sites (tertiary alicyclic amines) is 1. The molecular formula is C29H28N2O6. The number of fused-ring (bicyclic) bond motifs is 1. The standard InChI is InChI=1S/C29H28N2O6/c1-19(15-17-31-26(32)21-13-7-8-14-22(21)27(31)33)10-9-16-30-24(29(35)37-3)18-23(28(34)36-2)25(30)20-11-5-4-6-12-20/h4-8,11-15,23-25H,16-18H2,1-3H3/b19-15+/t23-,24-,25-/m0/s1. The molecule has 3 atom stereocenters. The molecule has 0 bridgehead atoms. The van der Waals surface area contributed by atoms with Gasteiger partial charge in [-0.25, -0.2) is 0 Å². The molecule has 2 aromatic rings. The molecule has 1 fully saturated rings. The third-order valence-corrected chi connectivity index (χ3v) is 6.74. The molecule has 2 heterocycles. The van der Waals surface area contributed by atoms with E-state index in [9.17, 15) is 19.2 Å². The quantitative estimate of drug-likeness (QED) is 0.342. The van der Waals surface area contributed by atoms with Crippen molar-refractivity contribution in [3.63, 3.8) is 0 Å². The van der Waals surface area contributed by atoms with E-state index in [1.54, 1.807) is 37.3 Å². The van der Waals surface area contributed by atoms with E-state index in [1.807, 2.05) is 35.2 Å². The predicted molar refractivity (Wildman–Crippen MR) is 135 cm³/mol. The lowest BCUT2D eigenvalue weighted by Gasteiger charge is -2.28. The summed E-state index contributed by atoms with van der Waals surface area (Å²) < 4.78 is 10.1. The average Bonchev–Trinajstić information content (AvgIpc) is 3.42. The van der Waals surface area contributed by atoms with E-state index < -0.39 is 29.9 Å². The number of esters is 2. The van der Waals surface area contributed by atoms with Crippen molar-refractivity contribution in [1.82, 2.24) is 9.80 Å². The van der Waals surface area contributed by atoms with Crippen LogP contribution in [0.1, 0.15) is 45.7 Å². The van der Waals surface area contributed by atoms with E-state index in [-0.39, 0.29) is 31.3 Å². The van der Waals surface area contributed by atoms with Crippen molar-refractivity contribution < 1.29 is 28.7 Å². The third-order valence-electron chi connectivity index (χ3n) is 6.74. The number of nitrogens with zero attached hydrogens (tertiary/aromatic N) is 2. The summed E-state index contributed by atoms with van der Waals surface area (Å²) >= 11 is 0. The number of methoxy groups -OCH3 is 2. The lowest BCUT2D eigenvalue weighted by atomic mass is 9.93. The molecule has 0 N–H and O–H groups in total. The zero-order valence-corrected chi connectivity index (χ0v) is 21.0. The highest BCUT2D eigenvalue weighted by molar-refractivity contribution is 6.21. The van der Waals surface area contributed by atoms with Gasteiger partial charge in [-0.15, -0.1) is 0 Å². The van der Waals surface area contributed by atoms with Crippen molar-refractivity contribution in [2.24, 2.45) is 5.92 Å². The van der Waals surface area contributed by atoms with Gasteiger partial charge in [0.15, 0.2) is 0 Å². The Balaban J connectivity index is 1.53. The second-order valence-electron chi connectivity index (χ2n) is 8.89. The third kappa shape index (κ3) is 5.18. The highest BCUT2D eigenvalue weighted by Crippen LogP contribution is 2.41. The Morgan fingerprint density at radius 1 is 0.946 bits per heavy atom. The molecule has 2 aliphatic rings. The summed E-state index contributed by atoms with van der Waals surface area (Å²) in [7, 11) is 2.66. The number of carbonyl (C=O) groups excluding carboxylic acids is 4. The smallest absolute Gasteiger partial charge is 0.323 e. The Morgan fingerprint density at radius 3 is 2.14 bits per heavy atom. The summed E-state index contributed by atoms with van der Waals surface area (Å²) in [6.45, 7) is 2.10. The summed E-state index contributed by atoms with van der Waals surface area (Å²) in [4.78, 5) is 53.4. The van der Waals surface area contributed by atoms with Crippen LogP contribution in [-0.4, -0.2) is 66.9 Å². The molecule has 0 unspecified atom stereocenters. The average molecular weight is 501 g/mol. The largest absolute Gasteiger partial charge is 0.469 e. The number of ether oxygens (including phenoxy) is 2. The molecule has 0 spiro atoms. The van der Waals surface area contributed by atoms with Crippen LogP contribution in [0.5, 0.6) is 0 Å². The maximum Gasteiger partial charge on any atom is 0.323 e. The number of hydrogen-bond acceptors (Lipinski definition) is 7. The molecule has 1 saturated heterocycles. The zero-order valence-electron chi connectivity index (χ0n) is 21.0. The molecular weight excluding hydrogens is 472 g/mol. The first-order chi connectivity index (χ1) is 17.9. The second kappa shape index (κ2) is 11.2. The van der Waals surface area contributed by atoms with Gasteiger partial charge in [0.25, 0.3) is 11.8 Å². The number of carbonyl (C=O) groups is 4. The summed E-state index contributed by atoms with van der Waals surface area (Å²) in [5.74, 6) is 4.10. The molecule has 0 aromatic heterocycles. The fourth-order valence-electron chi connectivity index (χ4n) is 4.91. The van der Waals surface area contributed by atoms with Crippen molar-refractivity contribution in [1.29, 1.82) is 0 Å². The normalized spacial score (nSPS) is 21.3. The molecule has 0 radical (unpaired) electrons. The van der Waals surface area contributed by atoms with Crippen LogP contribution in [0.15, 0.2) is 66.2 Å². The Kier molecular flexibility index (Phi) is 7.85. The van der Waals surface area contributed by atoms with E-state index in [0.717, 1.165) is 5.56 Å². The maximum atomic E-state index is 12.6. The summed E-state index contributed by atoms with van der Waals surface area (Å²) in [5, 5.41) is 0. The number of amides is 2. The molecule has 0 saturated carbocycles. The van der Waals surface area contributed by atoms with Crippen molar-refractivity contribution in [3.8, 4) is 11.8 Å². The van der Waals surface area contributed by atoms with Gasteiger partial charge in [0, 0.05) is 12.6 Å². The number of imide groups is 1. The van der Waals surface area contributed by atoms with Gasteiger partial charge < -0.3 is 9.47 Å². The Hall–Kier alpha value is -4.22. The van der Waals surface area contributed by atoms with Crippen LogP contribution in [0.4, 0.5) is 0 Å². The number of rotatable bonds is 6. The Morgan fingerprint density at radius 2 is 1.54 bits per heavy atom. The van der Waals surface area contributed by atoms with E-state index in [1.165, 1.54) is 19.1 Å². The number of allylic oxidation sites excluding steroid dienone is 1. The van der Waals surface area contributed by atoms with Crippen molar-refractivity contribution in [2.45, 2.75) is 25.4 Å². The maximum absolute atomic E-state index is 12.6. The first kappa shape index (κ1) is 25.9. The molecule has 2 aromatic carbocycles. The zero-order chi connectivity index (χ0) is 26.5. The second-order valence-corrected chi connectivity index (χ2v) is 8.89. The van der Waals surface area contributed by atoms with Crippen LogP contribution in [-0.2, 0) is 19.1 Å². The fraction of sp³-hybridized carbons (Fsp3) is 0.310. The van der Waals surface area contributed by atoms with Crippen LogP contribution in [0, 0.1) is 17.8 Å². The van der Waals surface area contributed by atoms with Crippen molar-refractivity contribution in [2.75, 3.05) is 27.3 Å². The predicted octanol–water partition coefficient (Wildman–Crippen LogP) is 3.01. The van der Waals surface area contributed by atoms with Gasteiger partial charge in [-0.3, -0.25) is 29.0 Å². The Labute approximate surface area is 215 Å². The van der Waals surface area contributed by atoms with Gasteiger partial charge in [0.05, 0.1) is 37.8 Å². The monoisotopic (exact) mass is 500 g/mol. The number of benzene rings is 2. The van der Waals surface area contributed by atoms with Gasteiger partial charge in [-0.1, -0.05) is 60.4 Å². The summed E-state index contributed by atoms with van der Waals surface area (Å²) in [6.07, 6.45) is 1.98.